The smallest absolute Gasteiger partial charge is 0.278 e. The van der Waals surface area contributed by atoms with Gasteiger partial charge in [0.05, 0.1) is 0 Å². The lowest BCUT2D eigenvalue weighted by Gasteiger charge is -2.13. The lowest BCUT2D eigenvalue weighted by atomic mass is 10.1. The van der Waals surface area contributed by atoms with Crippen LogP contribution in [0.25, 0.3) is 5.52 Å². The van der Waals surface area contributed by atoms with Crippen LogP contribution in [0.3, 0.4) is 0 Å². The number of aromatic nitrogens is 2. The third-order valence-electron chi connectivity index (χ3n) is 4.90. The fraction of sp³-hybridized carbons (Fsp3) is 0.286. The summed E-state index contributed by atoms with van der Waals surface area (Å²) in [7, 11) is 0. The number of carbonyl (C=O) groups excluding carboxylic acids is 1. The second-order valence-corrected chi connectivity index (χ2v) is 7.05. The lowest BCUT2D eigenvalue weighted by Crippen LogP contribution is -2.31. The fourth-order valence-corrected chi connectivity index (χ4v) is 2.96. The molecule has 152 valence electrons. The number of pyridine rings is 1. The first-order valence-electron chi connectivity index (χ1n) is 9.31. The molecule has 8 heteroatoms. The first kappa shape index (κ1) is 20.3. The van der Waals surface area contributed by atoms with Crippen LogP contribution in [0.2, 0.25) is 0 Å². The van der Waals surface area contributed by atoms with Crippen molar-refractivity contribution in [1.29, 1.82) is 0 Å². The Morgan fingerprint density at radius 3 is 2.55 bits per heavy atom. The number of rotatable bonds is 6. The lowest BCUT2D eigenvalue weighted by molar-refractivity contribution is 0.0949. The Balaban J connectivity index is 1.93. The Kier molecular flexibility index (Phi) is 5.81. The molecule has 0 aliphatic carbocycles. The maximum Gasteiger partial charge on any atom is 0.278 e. The average molecular weight is 399 g/mol. The van der Waals surface area contributed by atoms with E-state index in [2.05, 4.69) is 5.32 Å². The molecule has 1 unspecified atom stereocenters. The summed E-state index contributed by atoms with van der Waals surface area (Å²) in [6.07, 6.45) is 5.19. The molecule has 0 aliphatic heterocycles. The number of hydrogen-bond donors (Lipinski definition) is 2. The number of nitrogens with one attached hydrogen (secondary N) is 1. The van der Waals surface area contributed by atoms with Crippen LogP contribution in [0.5, 0.6) is 5.75 Å². The third kappa shape index (κ3) is 4.21. The summed E-state index contributed by atoms with van der Waals surface area (Å²) in [6.45, 7) is 4.55. The minimum Gasteiger partial charge on any atom is -0.503 e. The number of halogens is 1. The predicted molar refractivity (Wildman–Crippen MR) is 107 cm³/mol. The summed E-state index contributed by atoms with van der Waals surface area (Å²) in [5, 5.41) is 12.9. The van der Waals surface area contributed by atoms with Crippen LogP contribution in [0, 0.1) is 11.7 Å². The van der Waals surface area contributed by atoms with E-state index in [0.29, 0.717) is 12.1 Å². The largest absolute Gasteiger partial charge is 0.503 e. The van der Waals surface area contributed by atoms with Crippen molar-refractivity contribution in [3.05, 3.63) is 80.4 Å². The highest BCUT2D eigenvalue weighted by molar-refractivity contribution is 5.94. The molecular formula is C21H22FN3O4. The summed E-state index contributed by atoms with van der Waals surface area (Å²) in [4.78, 5) is 37.6. The van der Waals surface area contributed by atoms with E-state index in [4.69, 9.17) is 0 Å². The molecular weight excluding hydrogens is 377 g/mol. The number of amides is 1. The fourth-order valence-electron chi connectivity index (χ4n) is 2.96. The predicted octanol–water partition coefficient (Wildman–Crippen LogP) is 2.28. The van der Waals surface area contributed by atoms with Gasteiger partial charge in [-0.1, -0.05) is 32.4 Å². The highest BCUT2D eigenvalue weighted by atomic mass is 19.1. The maximum absolute atomic E-state index is 13.0. The molecule has 0 saturated heterocycles. The van der Waals surface area contributed by atoms with Crippen LogP contribution in [-0.4, -0.2) is 20.0 Å². The van der Waals surface area contributed by atoms with Crippen molar-refractivity contribution >= 4 is 11.4 Å². The van der Waals surface area contributed by atoms with E-state index >= 15 is 0 Å². The molecule has 2 heterocycles. The van der Waals surface area contributed by atoms with Gasteiger partial charge < -0.3 is 19.4 Å². The van der Waals surface area contributed by atoms with Crippen molar-refractivity contribution in [1.82, 2.24) is 14.3 Å². The minimum atomic E-state index is -0.917. The summed E-state index contributed by atoms with van der Waals surface area (Å²) in [5.74, 6) is -1.60. The van der Waals surface area contributed by atoms with E-state index in [1.807, 2.05) is 13.8 Å². The van der Waals surface area contributed by atoms with Gasteiger partial charge in [0.2, 0.25) is 5.43 Å². The Hall–Kier alpha value is -3.42. The molecule has 0 aliphatic rings. The molecule has 0 bridgehead atoms. The second-order valence-electron chi connectivity index (χ2n) is 7.05. The van der Waals surface area contributed by atoms with E-state index in [0.717, 1.165) is 6.42 Å². The van der Waals surface area contributed by atoms with Crippen LogP contribution < -0.4 is 16.3 Å². The maximum atomic E-state index is 13.0. The van der Waals surface area contributed by atoms with E-state index < -0.39 is 28.5 Å². The molecule has 0 fully saturated rings. The van der Waals surface area contributed by atoms with Crippen LogP contribution in [0.15, 0.2) is 52.4 Å². The van der Waals surface area contributed by atoms with Gasteiger partial charge in [0.1, 0.15) is 11.4 Å². The van der Waals surface area contributed by atoms with Crippen LogP contribution in [0.1, 0.15) is 36.2 Å². The van der Waals surface area contributed by atoms with Crippen molar-refractivity contribution in [3.8, 4) is 5.75 Å². The molecule has 29 heavy (non-hydrogen) atoms. The molecule has 3 aromatic rings. The van der Waals surface area contributed by atoms with Gasteiger partial charge in [-0.05, 0) is 23.6 Å². The quantitative estimate of drug-likeness (QED) is 0.665. The van der Waals surface area contributed by atoms with E-state index in [-0.39, 0.29) is 23.5 Å². The summed E-state index contributed by atoms with van der Waals surface area (Å²) in [5.41, 5.74) is -1.23. The molecule has 0 spiro atoms. The van der Waals surface area contributed by atoms with Gasteiger partial charge in [-0.25, -0.2) is 4.39 Å². The Bertz CT molecular complexity index is 1170. The first-order valence-corrected chi connectivity index (χ1v) is 9.31. The first-order chi connectivity index (χ1) is 13.8. The Morgan fingerprint density at radius 1 is 1.21 bits per heavy atom. The molecule has 1 aromatic carbocycles. The summed E-state index contributed by atoms with van der Waals surface area (Å²) >= 11 is 0. The molecule has 3 rings (SSSR count). The zero-order chi connectivity index (χ0) is 21.1. The number of fused-ring (bicyclic) bond motifs is 1. The highest BCUT2D eigenvalue weighted by Gasteiger charge is 2.19. The topological polar surface area (TPSA) is 92.8 Å². The number of benzene rings is 1. The standard InChI is InChI=1S/C21H22FN3O4/c1-3-13(2)11-25-9-8-24-12-16(18(26)19(27)17(24)21(25)29)20(28)23-10-14-4-6-15(22)7-5-14/h4-9,12-13,27H,3,10-11H2,1-2H3,(H,23,28). The number of aromatic hydroxyl groups is 1. The van der Waals surface area contributed by atoms with Crippen LogP contribution >= 0.6 is 0 Å². The molecule has 1 amide bonds. The van der Waals surface area contributed by atoms with Gasteiger partial charge in [0.25, 0.3) is 11.5 Å². The van der Waals surface area contributed by atoms with Gasteiger partial charge in [0.15, 0.2) is 11.3 Å². The molecule has 2 aromatic heterocycles. The van der Waals surface area contributed by atoms with Gasteiger partial charge in [-0.2, -0.15) is 0 Å². The third-order valence-corrected chi connectivity index (χ3v) is 4.90. The minimum absolute atomic E-state index is 0.0819. The van der Waals surface area contributed by atoms with Crippen molar-refractivity contribution in [2.45, 2.75) is 33.4 Å². The van der Waals surface area contributed by atoms with E-state index in [1.54, 1.807) is 6.20 Å². The van der Waals surface area contributed by atoms with E-state index in [9.17, 15) is 23.9 Å². The van der Waals surface area contributed by atoms with Crippen molar-refractivity contribution in [2.75, 3.05) is 0 Å². The summed E-state index contributed by atoms with van der Waals surface area (Å²) in [6, 6.07) is 5.56. The Morgan fingerprint density at radius 2 is 1.90 bits per heavy atom. The number of nitrogens with zero attached hydrogens (tertiary/aromatic N) is 2. The molecule has 1 atom stereocenters. The van der Waals surface area contributed by atoms with Crippen molar-refractivity contribution in [2.24, 2.45) is 5.92 Å². The average Bonchev–Trinajstić information content (AvgIpc) is 2.71. The normalized spacial score (nSPS) is 12.1. The molecule has 0 saturated carbocycles. The van der Waals surface area contributed by atoms with Gasteiger partial charge >= 0.3 is 0 Å². The van der Waals surface area contributed by atoms with Crippen LogP contribution in [0.4, 0.5) is 4.39 Å². The zero-order valence-corrected chi connectivity index (χ0v) is 16.2. The van der Waals surface area contributed by atoms with Gasteiger partial charge in [-0.3, -0.25) is 14.4 Å². The zero-order valence-electron chi connectivity index (χ0n) is 16.2. The van der Waals surface area contributed by atoms with Gasteiger partial charge in [-0.15, -0.1) is 0 Å². The molecule has 0 radical (unpaired) electrons. The monoisotopic (exact) mass is 399 g/mol. The highest BCUT2D eigenvalue weighted by Crippen LogP contribution is 2.12. The molecule has 2 N–H and O–H groups in total. The second kappa shape index (κ2) is 8.30. The number of carbonyl (C=O) groups is 1. The van der Waals surface area contributed by atoms with Gasteiger partial charge in [0, 0.05) is 31.7 Å². The summed E-state index contributed by atoms with van der Waals surface area (Å²) < 4.78 is 15.7. The number of hydrogen-bond acceptors (Lipinski definition) is 4. The van der Waals surface area contributed by atoms with Crippen molar-refractivity contribution in [3.63, 3.8) is 0 Å². The van der Waals surface area contributed by atoms with Crippen molar-refractivity contribution < 1.29 is 14.3 Å². The molecule has 7 nitrogen and oxygen atoms in total. The SMILES string of the molecule is CCC(C)Cn1ccn2cc(C(=O)NCc3ccc(F)cc3)c(=O)c(O)c2c1=O. The van der Waals surface area contributed by atoms with E-state index in [1.165, 1.54) is 45.6 Å². The van der Waals surface area contributed by atoms with Crippen LogP contribution in [-0.2, 0) is 13.1 Å². The Labute approximate surface area is 166 Å².